The Hall–Kier alpha value is -4.08. The number of nitrogens with one attached hydrogen (secondary N) is 1. The van der Waals surface area contributed by atoms with Gasteiger partial charge in [0.25, 0.3) is 11.6 Å². The predicted octanol–water partition coefficient (Wildman–Crippen LogP) is 2.81. The fourth-order valence-electron chi connectivity index (χ4n) is 3.39. The minimum absolute atomic E-state index is 0.0913. The van der Waals surface area contributed by atoms with Crippen molar-refractivity contribution in [1.29, 1.82) is 0 Å². The van der Waals surface area contributed by atoms with Crippen LogP contribution >= 0.6 is 0 Å². The third-order valence-corrected chi connectivity index (χ3v) is 4.75. The molecule has 0 saturated heterocycles. The second-order valence-electron chi connectivity index (χ2n) is 7.28. The summed E-state index contributed by atoms with van der Waals surface area (Å²) in [5.74, 6) is -0.875. The maximum absolute atomic E-state index is 12.8. The lowest BCUT2D eigenvalue weighted by Crippen LogP contribution is -2.35. The van der Waals surface area contributed by atoms with Gasteiger partial charge in [-0.2, -0.15) is 5.10 Å². The van der Waals surface area contributed by atoms with E-state index in [9.17, 15) is 19.7 Å². The molecule has 10 nitrogen and oxygen atoms in total. The lowest BCUT2D eigenvalue weighted by Gasteiger charge is -2.18. The maximum atomic E-state index is 12.8. The number of nitrogens with zero attached hydrogens (tertiary/aromatic N) is 5. The van der Waals surface area contributed by atoms with Gasteiger partial charge in [0.1, 0.15) is 18.3 Å². The summed E-state index contributed by atoms with van der Waals surface area (Å²) in [5, 5.41) is 18.2. The molecule has 2 amide bonds. The van der Waals surface area contributed by atoms with E-state index in [1.54, 1.807) is 0 Å². The summed E-state index contributed by atoms with van der Waals surface area (Å²) in [6, 6.07) is 7.98. The Kier molecular flexibility index (Phi) is 6.10. The second-order valence-corrected chi connectivity index (χ2v) is 7.28. The number of rotatable bonds is 6. The minimum atomic E-state index is -0.594. The Morgan fingerprint density at radius 3 is 2.42 bits per heavy atom. The predicted molar refractivity (Wildman–Crippen MR) is 114 cm³/mol. The Morgan fingerprint density at radius 1 is 1.16 bits per heavy atom. The Bertz CT molecular complexity index is 1130. The molecule has 3 aromatic rings. The fraction of sp³-hybridized carbons (Fsp3) is 0.238. The van der Waals surface area contributed by atoms with Gasteiger partial charge in [-0.3, -0.25) is 19.7 Å². The molecular weight excluding hydrogens is 400 g/mol. The highest BCUT2D eigenvalue weighted by Crippen LogP contribution is 2.24. The van der Waals surface area contributed by atoms with Crippen molar-refractivity contribution in [3.63, 3.8) is 0 Å². The van der Waals surface area contributed by atoms with Crippen LogP contribution in [0, 0.1) is 30.9 Å². The number of amides is 2. The Labute approximate surface area is 178 Å². The molecule has 0 unspecified atom stereocenters. The molecule has 1 heterocycles. The summed E-state index contributed by atoms with van der Waals surface area (Å²) in [5.41, 5.74) is 3.65. The van der Waals surface area contributed by atoms with Gasteiger partial charge in [0.15, 0.2) is 0 Å². The lowest BCUT2D eigenvalue weighted by atomic mass is 10.1. The third kappa shape index (κ3) is 4.74. The molecule has 0 saturated carbocycles. The molecule has 0 aliphatic carbocycles. The van der Waals surface area contributed by atoms with Crippen LogP contribution in [-0.4, -0.2) is 50.0 Å². The van der Waals surface area contributed by atoms with Crippen LogP contribution in [0.2, 0.25) is 0 Å². The quantitative estimate of drug-likeness (QED) is 0.481. The van der Waals surface area contributed by atoms with Crippen molar-refractivity contribution in [1.82, 2.24) is 19.7 Å². The zero-order chi connectivity index (χ0) is 22.7. The van der Waals surface area contributed by atoms with E-state index < -0.39 is 10.8 Å². The molecule has 3 rings (SSSR count). The van der Waals surface area contributed by atoms with Gasteiger partial charge in [0.2, 0.25) is 5.91 Å². The van der Waals surface area contributed by atoms with E-state index in [1.165, 1.54) is 47.5 Å². The highest BCUT2D eigenvalue weighted by molar-refractivity contribution is 6.00. The highest BCUT2D eigenvalue weighted by Gasteiger charge is 2.22. The van der Waals surface area contributed by atoms with Crippen molar-refractivity contribution in [3.05, 3.63) is 75.4 Å². The number of carbonyl (C=O) groups excluding carboxylic acids is 2. The van der Waals surface area contributed by atoms with Crippen molar-refractivity contribution in [2.45, 2.75) is 20.8 Å². The van der Waals surface area contributed by atoms with Crippen LogP contribution < -0.4 is 5.32 Å². The zero-order valence-corrected chi connectivity index (χ0v) is 17.6. The lowest BCUT2D eigenvalue weighted by molar-refractivity contribution is -0.384. The normalized spacial score (nSPS) is 10.6. The monoisotopic (exact) mass is 422 g/mol. The first kappa shape index (κ1) is 21.6. The first-order chi connectivity index (χ1) is 14.7. The van der Waals surface area contributed by atoms with Gasteiger partial charge in [0.05, 0.1) is 11.5 Å². The van der Waals surface area contributed by atoms with Gasteiger partial charge < -0.3 is 10.2 Å². The second kappa shape index (κ2) is 8.74. The number of hydrogen-bond acceptors (Lipinski definition) is 6. The number of nitro groups is 1. The van der Waals surface area contributed by atoms with E-state index in [0.29, 0.717) is 5.69 Å². The van der Waals surface area contributed by atoms with Crippen molar-refractivity contribution < 1.29 is 14.5 Å². The van der Waals surface area contributed by atoms with E-state index in [1.807, 2.05) is 32.9 Å². The summed E-state index contributed by atoms with van der Waals surface area (Å²) in [7, 11) is 1.47. The summed E-state index contributed by atoms with van der Waals surface area (Å²) >= 11 is 0. The number of benzene rings is 2. The largest absolute Gasteiger partial charge is 0.332 e. The van der Waals surface area contributed by atoms with E-state index >= 15 is 0 Å². The van der Waals surface area contributed by atoms with E-state index in [2.05, 4.69) is 15.4 Å². The number of hydrogen-bond donors (Lipinski definition) is 1. The van der Waals surface area contributed by atoms with Crippen LogP contribution in [-0.2, 0) is 4.79 Å². The number of aromatic nitrogens is 3. The average molecular weight is 422 g/mol. The van der Waals surface area contributed by atoms with Crippen LogP contribution in [0.1, 0.15) is 27.0 Å². The van der Waals surface area contributed by atoms with Crippen molar-refractivity contribution >= 4 is 23.2 Å². The van der Waals surface area contributed by atoms with Gasteiger partial charge in [-0.05, 0) is 44.0 Å². The van der Waals surface area contributed by atoms with Crippen LogP contribution in [0.25, 0.3) is 5.69 Å². The van der Waals surface area contributed by atoms with Gasteiger partial charge in [-0.25, -0.2) is 9.67 Å². The van der Waals surface area contributed by atoms with E-state index in [4.69, 9.17) is 0 Å². The molecule has 0 aliphatic rings. The number of aryl methyl sites for hydroxylation is 3. The first-order valence-electron chi connectivity index (χ1n) is 9.44. The van der Waals surface area contributed by atoms with Crippen molar-refractivity contribution in [3.8, 4) is 5.69 Å². The molecule has 0 bridgehead atoms. The number of anilines is 1. The van der Waals surface area contributed by atoms with Gasteiger partial charge in [-0.15, -0.1) is 0 Å². The average Bonchev–Trinajstić information content (AvgIpc) is 3.24. The summed E-state index contributed by atoms with van der Waals surface area (Å²) < 4.78 is 1.25. The molecule has 0 aliphatic heterocycles. The smallest absolute Gasteiger partial charge is 0.295 e. The molecule has 31 heavy (non-hydrogen) atoms. The zero-order valence-electron chi connectivity index (χ0n) is 17.6. The molecular formula is C21H22N6O4. The molecule has 0 fully saturated rings. The SMILES string of the molecule is Cc1cc(C)c(NC(=O)CN(C)C(=O)c2ccc(-n3cncn3)c([N+](=O)[O-])c2)c(C)c1. The van der Waals surface area contributed by atoms with Gasteiger partial charge in [0, 0.05) is 24.4 Å². The van der Waals surface area contributed by atoms with Crippen LogP contribution in [0.15, 0.2) is 43.0 Å². The van der Waals surface area contributed by atoms with Crippen LogP contribution in [0.3, 0.4) is 0 Å². The first-order valence-corrected chi connectivity index (χ1v) is 9.44. The topological polar surface area (TPSA) is 123 Å². The molecule has 0 radical (unpaired) electrons. The fourth-order valence-corrected chi connectivity index (χ4v) is 3.39. The van der Waals surface area contributed by atoms with Crippen LogP contribution in [0.4, 0.5) is 11.4 Å². The molecule has 10 heteroatoms. The molecule has 160 valence electrons. The number of likely N-dealkylation sites (N-methyl/N-ethyl adjacent to an activating group) is 1. The van der Waals surface area contributed by atoms with Gasteiger partial charge in [-0.1, -0.05) is 17.7 Å². The van der Waals surface area contributed by atoms with Gasteiger partial charge >= 0.3 is 0 Å². The van der Waals surface area contributed by atoms with E-state index in [0.717, 1.165) is 16.7 Å². The maximum Gasteiger partial charge on any atom is 0.295 e. The summed E-state index contributed by atoms with van der Waals surface area (Å²) in [6.07, 6.45) is 2.59. The Morgan fingerprint density at radius 2 is 1.84 bits per heavy atom. The summed E-state index contributed by atoms with van der Waals surface area (Å²) in [6.45, 7) is 5.58. The minimum Gasteiger partial charge on any atom is -0.332 e. The molecule has 1 N–H and O–H groups in total. The summed E-state index contributed by atoms with van der Waals surface area (Å²) in [4.78, 5) is 41.2. The van der Waals surface area contributed by atoms with E-state index in [-0.39, 0.29) is 29.4 Å². The van der Waals surface area contributed by atoms with Crippen molar-refractivity contribution in [2.24, 2.45) is 0 Å². The highest BCUT2D eigenvalue weighted by atomic mass is 16.6. The third-order valence-electron chi connectivity index (χ3n) is 4.75. The number of nitro benzene ring substituents is 1. The van der Waals surface area contributed by atoms with Crippen molar-refractivity contribution in [2.75, 3.05) is 18.9 Å². The molecule has 0 spiro atoms. The number of carbonyl (C=O) groups is 2. The van der Waals surface area contributed by atoms with Crippen LogP contribution in [0.5, 0.6) is 0 Å². The standard InChI is InChI=1S/C21H22N6O4/c1-13-7-14(2)20(15(3)8-13)24-19(28)10-25(4)21(29)16-5-6-17(18(9-16)27(30)31)26-12-22-11-23-26/h5-9,11-12H,10H2,1-4H3,(H,24,28). The molecule has 2 aromatic carbocycles. The molecule has 0 atom stereocenters. The molecule has 1 aromatic heterocycles. The Balaban J connectivity index is 1.76.